The van der Waals surface area contributed by atoms with E-state index in [-0.39, 0.29) is 5.91 Å². The van der Waals surface area contributed by atoms with Crippen molar-refractivity contribution in [2.24, 2.45) is 0 Å². The number of carbonyl (C=O) groups excluding carboxylic acids is 2. The van der Waals surface area contributed by atoms with Gasteiger partial charge in [0.25, 0.3) is 0 Å². The molecule has 1 heterocycles. The average molecular weight is 376 g/mol. The lowest BCUT2D eigenvalue weighted by molar-refractivity contribution is -0.111. The number of likely N-dealkylation sites (N-methyl/N-ethyl adjacent to an activating group) is 1. The van der Waals surface area contributed by atoms with E-state index in [4.69, 9.17) is 4.74 Å². The molecule has 0 bridgehead atoms. The summed E-state index contributed by atoms with van der Waals surface area (Å²) in [6, 6.07) is 5.40. The first kappa shape index (κ1) is 19.9. The van der Waals surface area contributed by atoms with Gasteiger partial charge in [-0.05, 0) is 53.1 Å². The van der Waals surface area contributed by atoms with Crippen molar-refractivity contribution in [3.8, 4) is 0 Å². The molecule has 0 aliphatic rings. The van der Waals surface area contributed by atoms with Gasteiger partial charge in [0.2, 0.25) is 5.91 Å². The molecule has 0 radical (unpaired) electrons. The maximum absolute atomic E-state index is 11.9. The third-order valence-corrected chi connectivity index (χ3v) is 3.94. The zero-order chi connectivity index (χ0) is 19.3. The molecule has 0 atom stereocenters. The predicted octanol–water partition coefficient (Wildman–Crippen LogP) is 3.70. The van der Waals surface area contributed by atoms with Gasteiger partial charge < -0.3 is 15.0 Å². The highest BCUT2D eigenvalue weighted by molar-refractivity contribution is 7.22. The predicted molar refractivity (Wildman–Crippen MR) is 106 cm³/mol. The van der Waals surface area contributed by atoms with Gasteiger partial charge in [-0.2, -0.15) is 0 Å². The summed E-state index contributed by atoms with van der Waals surface area (Å²) < 4.78 is 6.07. The van der Waals surface area contributed by atoms with Crippen molar-refractivity contribution in [1.29, 1.82) is 0 Å². The molecule has 0 saturated carbocycles. The Balaban J connectivity index is 2.03. The molecule has 26 heavy (non-hydrogen) atoms. The molecule has 1 aromatic heterocycles. The number of hydrogen-bond acceptors (Lipinski definition) is 6. The molecule has 7 nitrogen and oxygen atoms in total. The fraction of sp³-hybridized carbons (Fsp3) is 0.389. The van der Waals surface area contributed by atoms with E-state index in [0.717, 1.165) is 10.2 Å². The molecule has 2 aromatic rings. The van der Waals surface area contributed by atoms with Gasteiger partial charge in [-0.3, -0.25) is 10.1 Å². The number of hydrogen-bond donors (Lipinski definition) is 2. The fourth-order valence-corrected chi connectivity index (χ4v) is 2.89. The largest absolute Gasteiger partial charge is 0.444 e. The zero-order valence-corrected chi connectivity index (χ0v) is 16.4. The van der Waals surface area contributed by atoms with Crippen molar-refractivity contribution in [3.05, 3.63) is 30.4 Å². The highest BCUT2D eigenvalue weighted by Gasteiger charge is 2.17. The molecule has 0 aliphatic carbocycles. The summed E-state index contributed by atoms with van der Waals surface area (Å²) in [7, 11) is 3.87. The molecule has 0 unspecified atom stereocenters. The van der Waals surface area contributed by atoms with Gasteiger partial charge >= 0.3 is 6.09 Å². The Bertz CT molecular complexity index is 821. The number of aromatic nitrogens is 1. The van der Waals surface area contributed by atoms with Gasteiger partial charge in [0.05, 0.1) is 10.2 Å². The number of thiazole rings is 1. The molecule has 0 saturated heterocycles. The molecular weight excluding hydrogens is 352 g/mol. The topological polar surface area (TPSA) is 83.6 Å². The molecule has 2 N–H and O–H groups in total. The quantitative estimate of drug-likeness (QED) is 0.778. The summed E-state index contributed by atoms with van der Waals surface area (Å²) in [6.07, 6.45) is 2.76. The highest BCUT2D eigenvalue weighted by Crippen LogP contribution is 2.28. The van der Waals surface area contributed by atoms with E-state index >= 15 is 0 Å². The van der Waals surface area contributed by atoms with Gasteiger partial charge in [0.1, 0.15) is 5.60 Å². The van der Waals surface area contributed by atoms with Crippen LogP contribution in [-0.4, -0.2) is 48.1 Å². The summed E-state index contributed by atoms with van der Waals surface area (Å²) in [5.74, 6) is -0.192. The lowest BCUT2D eigenvalue weighted by atomic mass is 10.2. The molecule has 8 heteroatoms. The van der Waals surface area contributed by atoms with E-state index < -0.39 is 11.7 Å². The zero-order valence-electron chi connectivity index (χ0n) is 15.6. The van der Waals surface area contributed by atoms with E-state index in [1.165, 1.54) is 17.4 Å². The van der Waals surface area contributed by atoms with Crippen LogP contribution in [0, 0.1) is 0 Å². The second kappa shape index (κ2) is 8.29. The highest BCUT2D eigenvalue weighted by atomic mass is 32.1. The molecule has 0 spiro atoms. The Hall–Kier alpha value is -2.45. The van der Waals surface area contributed by atoms with E-state index in [0.29, 0.717) is 17.4 Å². The van der Waals surface area contributed by atoms with Crippen LogP contribution in [0.15, 0.2) is 30.4 Å². The first-order valence-electron chi connectivity index (χ1n) is 8.15. The van der Waals surface area contributed by atoms with Crippen LogP contribution in [0.1, 0.15) is 20.8 Å². The first-order valence-corrected chi connectivity index (χ1v) is 8.97. The summed E-state index contributed by atoms with van der Waals surface area (Å²) in [5, 5.41) is 5.89. The first-order chi connectivity index (χ1) is 12.1. The molecule has 0 aliphatic heterocycles. The smallest absolute Gasteiger partial charge is 0.413 e. The second-order valence-electron chi connectivity index (χ2n) is 6.98. The summed E-state index contributed by atoms with van der Waals surface area (Å²) in [4.78, 5) is 30.1. The molecule has 2 amide bonds. The van der Waals surface area contributed by atoms with Crippen LogP contribution in [0.25, 0.3) is 10.2 Å². The number of ether oxygens (including phenoxy) is 1. The van der Waals surface area contributed by atoms with Gasteiger partial charge in [0.15, 0.2) is 5.13 Å². The summed E-state index contributed by atoms with van der Waals surface area (Å²) in [5.41, 5.74) is 0.838. The second-order valence-corrected chi connectivity index (χ2v) is 8.01. The Morgan fingerprint density at radius 1 is 1.27 bits per heavy atom. The number of anilines is 2. The van der Waals surface area contributed by atoms with Gasteiger partial charge in [0, 0.05) is 18.3 Å². The van der Waals surface area contributed by atoms with Gasteiger partial charge in [-0.25, -0.2) is 9.78 Å². The van der Waals surface area contributed by atoms with Crippen LogP contribution < -0.4 is 10.6 Å². The van der Waals surface area contributed by atoms with Gasteiger partial charge in [-0.15, -0.1) is 0 Å². The minimum Gasteiger partial charge on any atom is -0.444 e. The normalized spacial score (nSPS) is 11.9. The van der Waals surface area contributed by atoms with E-state index in [9.17, 15) is 9.59 Å². The third-order valence-electron chi connectivity index (χ3n) is 3.00. The maximum atomic E-state index is 11.9. The SMILES string of the molecule is CN(C)C/C=C/C(=O)Nc1ccc2nc(NC(=O)OC(C)(C)C)sc2c1. The molecule has 2 rings (SSSR count). The number of nitrogens with zero attached hydrogens (tertiary/aromatic N) is 2. The Morgan fingerprint density at radius 2 is 2.00 bits per heavy atom. The standard InChI is InChI=1S/C18H24N4O3S/c1-18(2,3)25-17(24)21-16-20-13-9-8-12(11-14(13)26-16)19-15(23)7-6-10-22(4)5/h6-9,11H,10H2,1-5H3,(H,19,23)(H,20,21,24)/b7-6+. The van der Waals surface area contributed by atoms with E-state index in [1.54, 1.807) is 39.0 Å². The summed E-state index contributed by atoms with van der Waals surface area (Å²) >= 11 is 1.32. The number of fused-ring (bicyclic) bond motifs is 1. The van der Waals surface area contributed by atoms with Crippen molar-refractivity contribution in [3.63, 3.8) is 0 Å². The number of nitrogens with one attached hydrogen (secondary N) is 2. The van der Waals surface area contributed by atoms with E-state index in [1.807, 2.05) is 25.1 Å². The fourth-order valence-electron chi connectivity index (χ4n) is 2.00. The van der Waals surface area contributed by atoms with Crippen molar-refractivity contribution < 1.29 is 14.3 Å². The Labute approximate surface area is 157 Å². The van der Waals surface area contributed by atoms with Crippen LogP contribution in [0.5, 0.6) is 0 Å². The van der Waals surface area contributed by atoms with Gasteiger partial charge in [-0.1, -0.05) is 17.4 Å². The third kappa shape index (κ3) is 6.45. The number of amides is 2. The van der Waals surface area contributed by atoms with Crippen LogP contribution in [0.3, 0.4) is 0 Å². The minimum absolute atomic E-state index is 0.192. The number of carbonyl (C=O) groups is 2. The monoisotopic (exact) mass is 376 g/mol. The molecule has 1 aromatic carbocycles. The minimum atomic E-state index is -0.571. The van der Waals surface area contributed by atoms with Crippen LogP contribution in [-0.2, 0) is 9.53 Å². The van der Waals surface area contributed by atoms with Crippen LogP contribution in [0.4, 0.5) is 15.6 Å². The van der Waals surface area contributed by atoms with Crippen molar-refractivity contribution in [2.45, 2.75) is 26.4 Å². The van der Waals surface area contributed by atoms with Crippen molar-refractivity contribution in [2.75, 3.05) is 31.3 Å². The average Bonchev–Trinajstić information content (AvgIpc) is 2.85. The summed E-state index contributed by atoms with van der Waals surface area (Å²) in [6.45, 7) is 6.09. The van der Waals surface area contributed by atoms with Crippen LogP contribution in [0.2, 0.25) is 0 Å². The molecule has 140 valence electrons. The Morgan fingerprint density at radius 3 is 2.65 bits per heavy atom. The molecular formula is C18H24N4O3S. The van der Waals surface area contributed by atoms with Crippen molar-refractivity contribution in [1.82, 2.24) is 9.88 Å². The number of rotatable bonds is 5. The molecule has 0 fully saturated rings. The number of benzene rings is 1. The lowest BCUT2D eigenvalue weighted by Gasteiger charge is -2.18. The van der Waals surface area contributed by atoms with E-state index in [2.05, 4.69) is 15.6 Å². The lowest BCUT2D eigenvalue weighted by Crippen LogP contribution is -2.27. The Kier molecular flexibility index (Phi) is 6.33. The maximum Gasteiger partial charge on any atom is 0.413 e. The van der Waals surface area contributed by atoms with Crippen LogP contribution >= 0.6 is 11.3 Å². The van der Waals surface area contributed by atoms with Crippen molar-refractivity contribution >= 4 is 44.4 Å².